The predicted molar refractivity (Wildman–Crippen MR) is 81.2 cm³/mol. The second kappa shape index (κ2) is 8.21. The number of nitrogens with one attached hydrogen (secondary N) is 3. The maximum atomic E-state index is 11.6. The van der Waals surface area contributed by atoms with Gasteiger partial charge in [0.25, 0.3) is 5.91 Å². The zero-order valence-corrected chi connectivity index (χ0v) is 12.4. The molecule has 0 saturated heterocycles. The van der Waals surface area contributed by atoms with Crippen molar-refractivity contribution in [3.8, 4) is 0 Å². The molecular weight excluding hydrogens is 288 g/mol. The van der Waals surface area contributed by atoms with Gasteiger partial charge in [0.05, 0.1) is 11.2 Å². The van der Waals surface area contributed by atoms with Gasteiger partial charge in [0.2, 0.25) is 5.91 Å². The van der Waals surface area contributed by atoms with Gasteiger partial charge in [-0.1, -0.05) is 6.07 Å². The molecule has 2 heterocycles. The highest BCUT2D eigenvalue weighted by atomic mass is 32.1. The van der Waals surface area contributed by atoms with Gasteiger partial charge in [-0.3, -0.25) is 9.59 Å². The van der Waals surface area contributed by atoms with Crippen LogP contribution in [0.3, 0.4) is 0 Å². The number of thiophene rings is 1. The smallest absolute Gasteiger partial charge is 0.261 e. The van der Waals surface area contributed by atoms with Gasteiger partial charge < -0.3 is 15.6 Å². The van der Waals surface area contributed by atoms with Crippen molar-refractivity contribution in [1.82, 2.24) is 20.6 Å². The standard InChI is InChI=1S/C14H18N4O2S/c19-13(16-7-5-11-9-15-10-18-11)4-1-6-17-14(20)12-3-2-8-21-12/h2-3,8-10H,1,4-7H2,(H,15,18)(H,16,19)(H,17,20). The minimum Gasteiger partial charge on any atom is -0.356 e. The number of hydrogen-bond donors (Lipinski definition) is 3. The van der Waals surface area contributed by atoms with Crippen LogP contribution < -0.4 is 10.6 Å². The van der Waals surface area contributed by atoms with Crippen molar-refractivity contribution in [2.45, 2.75) is 19.3 Å². The second-order valence-corrected chi connectivity index (χ2v) is 5.46. The minimum absolute atomic E-state index is 0.000104. The van der Waals surface area contributed by atoms with Gasteiger partial charge in [0.1, 0.15) is 0 Å². The van der Waals surface area contributed by atoms with Crippen molar-refractivity contribution in [2.75, 3.05) is 13.1 Å². The molecule has 2 aromatic heterocycles. The summed E-state index contributed by atoms with van der Waals surface area (Å²) in [7, 11) is 0. The normalized spacial score (nSPS) is 10.3. The first-order valence-electron chi connectivity index (χ1n) is 6.81. The molecule has 0 aromatic carbocycles. The highest BCUT2D eigenvalue weighted by molar-refractivity contribution is 7.12. The fourth-order valence-corrected chi connectivity index (χ4v) is 2.43. The summed E-state index contributed by atoms with van der Waals surface area (Å²) in [5.74, 6) is -0.0791. The maximum Gasteiger partial charge on any atom is 0.261 e. The van der Waals surface area contributed by atoms with Gasteiger partial charge in [-0.25, -0.2) is 4.98 Å². The van der Waals surface area contributed by atoms with Crippen molar-refractivity contribution in [3.05, 3.63) is 40.6 Å². The quantitative estimate of drug-likeness (QED) is 0.643. The first kappa shape index (κ1) is 15.2. The molecule has 2 rings (SSSR count). The number of hydrogen-bond acceptors (Lipinski definition) is 4. The summed E-state index contributed by atoms with van der Waals surface area (Å²) in [6.07, 6.45) is 5.14. The van der Waals surface area contributed by atoms with E-state index in [9.17, 15) is 9.59 Å². The molecule has 3 N–H and O–H groups in total. The van der Waals surface area contributed by atoms with Crippen LogP contribution in [0.1, 0.15) is 28.2 Å². The first-order valence-corrected chi connectivity index (χ1v) is 7.69. The molecule has 112 valence electrons. The number of H-pyrrole nitrogens is 1. The van der Waals surface area contributed by atoms with Crippen LogP contribution in [-0.4, -0.2) is 34.9 Å². The van der Waals surface area contributed by atoms with Gasteiger partial charge in [-0.15, -0.1) is 11.3 Å². The molecule has 0 aliphatic rings. The topological polar surface area (TPSA) is 86.9 Å². The van der Waals surface area contributed by atoms with E-state index >= 15 is 0 Å². The molecule has 0 fully saturated rings. The summed E-state index contributed by atoms with van der Waals surface area (Å²) < 4.78 is 0. The highest BCUT2D eigenvalue weighted by Crippen LogP contribution is 2.07. The summed E-state index contributed by atoms with van der Waals surface area (Å²) in [4.78, 5) is 30.8. The number of nitrogens with zero attached hydrogens (tertiary/aromatic N) is 1. The summed E-state index contributed by atoms with van der Waals surface area (Å²) in [6, 6.07) is 3.62. The maximum absolute atomic E-state index is 11.6. The Labute approximate surface area is 127 Å². The highest BCUT2D eigenvalue weighted by Gasteiger charge is 2.06. The summed E-state index contributed by atoms with van der Waals surface area (Å²) in [5, 5.41) is 7.50. The zero-order valence-electron chi connectivity index (χ0n) is 11.6. The Morgan fingerprint density at radius 1 is 1.29 bits per heavy atom. The fraction of sp³-hybridized carbons (Fsp3) is 0.357. The van der Waals surface area contributed by atoms with Crippen molar-refractivity contribution < 1.29 is 9.59 Å². The molecular formula is C14H18N4O2S. The van der Waals surface area contributed by atoms with E-state index < -0.39 is 0 Å². The molecule has 0 atom stereocenters. The second-order valence-electron chi connectivity index (χ2n) is 4.51. The van der Waals surface area contributed by atoms with Crippen molar-refractivity contribution in [3.63, 3.8) is 0 Å². The fourth-order valence-electron chi connectivity index (χ4n) is 1.79. The molecule has 2 aromatic rings. The Kier molecular flexibility index (Phi) is 5.96. The largest absolute Gasteiger partial charge is 0.356 e. The number of carbonyl (C=O) groups is 2. The molecule has 0 radical (unpaired) electrons. The van der Waals surface area contributed by atoms with Crippen molar-refractivity contribution in [2.24, 2.45) is 0 Å². The van der Waals surface area contributed by atoms with E-state index in [2.05, 4.69) is 20.6 Å². The van der Waals surface area contributed by atoms with Crippen LogP contribution >= 0.6 is 11.3 Å². The lowest BCUT2D eigenvalue weighted by molar-refractivity contribution is -0.121. The molecule has 2 amide bonds. The predicted octanol–water partition coefficient (Wildman–Crippen LogP) is 1.34. The van der Waals surface area contributed by atoms with Gasteiger partial charge in [-0.2, -0.15) is 0 Å². The summed E-state index contributed by atoms with van der Waals surface area (Å²) in [6.45, 7) is 1.09. The molecule has 6 nitrogen and oxygen atoms in total. The van der Waals surface area contributed by atoms with Crippen LogP contribution in [0.5, 0.6) is 0 Å². The third-order valence-electron chi connectivity index (χ3n) is 2.88. The Hall–Kier alpha value is -2.15. The van der Waals surface area contributed by atoms with Crippen molar-refractivity contribution >= 4 is 23.2 Å². The van der Waals surface area contributed by atoms with Crippen LogP contribution in [0, 0.1) is 0 Å². The average molecular weight is 306 g/mol. The van der Waals surface area contributed by atoms with E-state index in [1.165, 1.54) is 11.3 Å². The Morgan fingerprint density at radius 2 is 2.19 bits per heavy atom. The molecule has 0 aliphatic heterocycles. The van der Waals surface area contributed by atoms with E-state index in [-0.39, 0.29) is 11.8 Å². The Morgan fingerprint density at radius 3 is 2.90 bits per heavy atom. The number of rotatable bonds is 8. The van der Waals surface area contributed by atoms with Gasteiger partial charge in [0, 0.05) is 37.8 Å². The molecule has 0 saturated carbocycles. The summed E-state index contributed by atoms with van der Waals surface area (Å²) in [5.41, 5.74) is 0.999. The van der Waals surface area contributed by atoms with Gasteiger partial charge in [0.15, 0.2) is 0 Å². The molecule has 0 aliphatic carbocycles. The molecule has 7 heteroatoms. The van der Waals surface area contributed by atoms with Crippen LogP contribution in [0.2, 0.25) is 0 Å². The summed E-state index contributed by atoms with van der Waals surface area (Å²) >= 11 is 1.41. The Balaban J connectivity index is 1.52. The number of amides is 2. The third kappa shape index (κ3) is 5.39. The van der Waals surface area contributed by atoms with Gasteiger partial charge in [-0.05, 0) is 17.9 Å². The van der Waals surface area contributed by atoms with Crippen LogP contribution in [0.25, 0.3) is 0 Å². The van der Waals surface area contributed by atoms with Crippen molar-refractivity contribution in [1.29, 1.82) is 0 Å². The lowest BCUT2D eigenvalue weighted by atomic mass is 10.2. The first-order chi connectivity index (χ1) is 10.3. The number of aromatic nitrogens is 2. The molecule has 0 unspecified atom stereocenters. The van der Waals surface area contributed by atoms with Crippen LogP contribution in [0.4, 0.5) is 0 Å². The molecule has 0 bridgehead atoms. The minimum atomic E-state index is -0.0790. The lowest BCUT2D eigenvalue weighted by Gasteiger charge is -2.05. The number of aromatic amines is 1. The van der Waals surface area contributed by atoms with Crippen LogP contribution in [0.15, 0.2) is 30.0 Å². The number of imidazole rings is 1. The monoisotopic (exact) mass is 306 g/mol. The van der Waals surface area contributed by atoms with E-state index in [0.29, 0.717) is 30.8 Å². The zero-order chi connectivity index (χ0) is 14.9. The molecule has 0 spiro atoms. The lowest BCUT2D eigenvalue weighted by Crippen LogP contribution is -2.28. The van der Waals surface area contributed by atoms with E-state index in [1.54, 1.807) is 18.6 Å². The SMILES string of the molecule is O=C(CCCNC(=O)c1cccs1)NCCc1cnc[nH]1. The Bertz CT molecular complexity index is 552. The third-order valence-corrected chi connectivity index (χ3v) is 3.75. The average Bonchev–Trinajstić information content (AvgIpc) is 3.16. The van der Waals surface area contributed by atoms with Gasteiger partial charge >= 0.3 is 0 Å². The van der Waals surface area contributed by atoms with E-state index in [1.807, 2.05) is 11.4 Å². The van der Waals surface area contributed by atoms with E-state index in [0.717, 1.165) is 12.1 Å². The van der Waals surface area contributed by atoms with E-state index in [4.69, 9.17) is 0 Å². The van der Waals surface area contributed by atoms with Crippen LogP contribution in [-0.2, 0) is 11.2 Å². The molecule has 21 heavy (non-hydrogen) atoms. The number of carbonyl (C=O) groups excluding carboxylic acids is 2.